The summed E-state index contributed by atoms with van der Waals surface area (Å²) in [4.78, 5) is 0. The molecule has 0 amide bonds. The summed E-state index contributed by atoms with van der Waals surface area (Å²) in [5.74, 6) is -0.340. The van der Waals surface area contributed by atoms with E-state index in [0.29, 0.717) is 5.56 Å². The highest BCUT2D eigenvalue weighted by Gasteiger charge is 2.16. The van der Waals surface area contributed by atoms with Crippen LogP contribution in [0.1, 0.15) is 25.5 Å². The van der Waals surface area contributed by atoms with Gasteiger partial charge in [-0.2, -0.15) is 0 Å². The van der Waals surface area contributed by atoms with E-state index >= 15 is 0 Å². The Morgan fingerprint density at radius 3 is 2.54 bits per heavy atom. The molecule has 1 aromatic carbocycles. The number of benzene rings is 1. The number of hydrogen-bond donors (Lipinski definition) is 1. The summed E-state index contributed by atoms with van der Waals surface area (Å²) >= 11 is 3.24. The Kier molecular flexibility index (Phi) is 3.45. The van der Waals surface area contributed by atoms with Crippen LogP contribution in [-0.4, -0.2) is 5.11 Å². The fraction of sp³-hybridized carbons (Fsp3) is 0.400. The summed E-state index contributed by atoms with van der Waals surface area (Å²) < 4.78 is 14.0. The van der Waals surface area contributed by atoms with E-state index in [1.165, 1.54) is 6.07 Å². The van der Waals surface area contributed by atoms with Gasteiger partial charge >= 0.3 is 0 Å². The summed E-state index contributed by atoms with van der Waals surface area (Å²) in [6.07, 6.45) is -0.738. The first kappa shape index (κ1) is 10.7. The fourth-order valence-electron chi connectivity index (χ4n) is 1.10. The molecule has 72 valence electrons. The van der Waals surface area contributed by atoms with Gasteiger partial charge in [0.05, 0.1) is 6.10 Å². The van der Waals surface area contributed by atoms with Gasteiger partial charge in [-0.15, -0.1) is 0 Å². The zero-order valence-electron chi connectivity index (χ0n) is 7.59. The lowest BCUT2D eigenvalue weighted by molar-refractivity contribution is 0.123. The monoisotopic (exact) mass is 246 g/mol. The second-order valence-electron chi connectivity index (χ2n) is 3.35. The van der Waals surface area contributed by atoms with Gasteiger partial charge in [0, 0.05) is 10.0 Å². The Bertz CT molecular complexity index is 299. The Balaban J connectivity index is 3.05. The number of halogens is 2. The minimum absolute atomic E-state index is 0.0174. The molecule has 0 radical (unpaired) electrons. The predicted molar refractivity (Wildman–Crippen MR) is 53.9 cm³/mol. The van der Waals surface area contributed by atoms with Crippen molar-refractivity contribution in [3.8, 4) is 0 Å². The van der Waals surface area contributed by atoms with Crippen LogP contribution in [0, 0.1) is 11.7 Å². The molecule has 0 heterocycles. The molecule has 1 unspecified atom stereocenters. The van der Waals surface area contributed by atoms with Crippen molar-refractivity contribution in [3.05, 3.63) is 34.1 Å². The number of aliphatic hydroxyl groups excluding tert-OH is 1. The van der Waals surface area contributed by atoms with Gasteiger partial charge in [-0.05, 0) is 24.1 Å². The molecule has 1 nitrogen and oxygen atoms in total. The highest BCUT2D eigenvalue weighted by Crippen LogP contribution is 2.26. The van der Waals surface area contributed by atoms with E-state index < -0.39 is 6.10 Å². The largest absolute Gasteiger partial charge is 0.388 e. The predicted octanol–water partition coefficient (Wildman–Crippen LogP) is 3.28. The second kappa shape index (κ2) is 4.20. The highest BCUT2D eigenvalue weighted by atomic mass is 79.9. The molecule has 0 fully saturated rings. The first-order valence-electron chi connectivity index (χ1n) is 4.15. The maximum atomic E-state index is 13.2. The fourth-order valence-corrected chi connectivity index (χ4v) is 1.48. The van der Waals surface area contributed by atoms with E-state index in [-0.39, 0.29) is 11.7 Å². The molecule has 0 bridgehead atoms. The van der Waals surface area contributed by atoms with Crippen LogP contribution in [0.4, 0.5) is 4.39 Å². The Hall–Kier alpha value is -0.410. The SMILES string of the molecule is CC(C)C(O)c1cc(Br)ccc1F. The number of rotatable bonds is 2. The van der Waals surface area contributed by atoms with E-state index in [2.05, 4.69) is 15.9 Å². The summed E-state index contributed by atoms with van der Waals surface area (Å²) in [5, 5.41) is 9.64. The van der Waals surface area contributed by atoms with Crippen LogP contribution in [-0.2, 0) is 0 Å². The standard InChI is InChI=1S/C10H12BrFO/c1-6(2)10(13)8-5-7(11)3-4-9(8)12/h3-6,10,13H,1-2H3. The van der Waals surface area contributed by atoms with Crippen LogP contribution in [0.3, 0.4) is 0 Å². The Morgan fingerprint density at radius 1 is 1.38 bits per heavy atom. The smallest absolute Gasteiger partial charge is 0.129 e. The first-order chi connectivity index (χ1) is 6.02. The molecular formula is C10H12BrFO. The Labute approximate surface area is 85.7 Å². The molecule has 0 saturated heterocycles. The summed E-state index contributed by atoms with van der Waals surface area (Å²) in [6.45, 7) is 3.70. The normalized spacial score (nSPS) is 13.4. The van der Waals surface area contributed by atoms with Gasteiger partial charge in [0.2, 0.25) is 0 Å². The van der Waals surface area contributed by atoms with Crippen molar-refractivity contribution in [2.24, 2.45) is 5.92 Å². The average molecular weight is 247 g/mol. The quantitative estimate of drug-likeness (QED) is 0.850. The van der Waals surface area contributed by atoms with E-state index in [9.17, 15) is 9.50 Å². The van der Waals surface area contributed by atoms with E-state index in [0.717, 1.165) is 4.47 Å². The zero-order valence-corrected chi connectivity index (χ0v) is 9.18. The summed E-state index contributed by atoms with van der Waals surface area (Å²) in [6, 6.07) is 4.58. The lowest BCUT2D eigenvalue weighted by Gasteiger charge is -2.15. The van der Waals surface area contributed by atoms with Crippen molar-refractivity contribution >= 4 is 15.9 Å². The van der Waals surface area contributed by atoms with Crippen LogP contribution >= 0.6 is 15.9 Å². The van der Waals surface area contributed by atoms with Gasteiger partial charge in [-0.25, -0.2) is 4.39 Å². The van der Waals surface area contributed by atoms with Crippen LogP contribution in [0.25, 0.3) is 0 Å². The van der Waals surface area contributed by atoms with E-state index in [4.69, 9.17) is 0 Å². The van der Waals surface area contributed by atoms with Crippen molar-refractivity contribution < 1.29 is 9.50 Å². The van der Waals surface area contributed by atoms with Gasteiger partial charge in [-0.1, -0.05) is 29.8 Å². The molecule has 0 saturated carbocycles. The third-order valence-electron chi connectivity index (χ3n) is 1.91. The third kappa shape index (κ3) is 2.51. The summed E-state index contributed by atoms with van der Waals surface area (Å²) in [7, 11) is 0. The second-order valence-corrected chi connectivity index (χ2v) is 4.27. The molecule has 0 aromatic heterocycles. The van der Waals surface area contributed by atoms with Crippen molar-refractivity contribution in [1.29, 1.82) is 0 Å². The van der Waals surface area contributed by atoms with Crippen molar-refractivity contribution in [2.75, 3.05) is 0 Å². The van der Waals surface area contributed by atoms with E-state index in [1.807, 2.05) is 13.8 Å². The minimum atomic E-state index is -0.738. The molecule has 0 aliphatic rings. The van der Waals surface area contributed by atoms with Crippen molar-refractivity contribution in [1.82, 2.24) is 0 Å². The molecular weight excluding hydrogens is 235 g/mol. The molecule has 1 rings (SSSR count). The highest BCUT2D eigenvalue weighted by molar-refractivity contribution is 9.10. The molecule has 1 atom stereocenters. The van der Waals surface area contributed by atoms with Gasteiger partial charge in [0.15, 0.2) is 0 Å². The van der Waals surface area contributed by atoms with Gasteiger partial charge in [0.1, 0.15) is 5.82 Å². The van der Waals surface area contributed by atoms with Gasteiger partial charge < -0.3 is 5.11 Å². The molecule has 0 spiro atoms. The number of aliphatic hydroxyl groups is 1. The first-order valence-corrected chi connectivity index (χ1v) is 4.94. The maximum absolute atomic E-state index is 13.2. The zero-order chi connectivity index (χ0) is 10.0. The maximum Gasteiger partial charge on any atom is 0.129 e. The van der Waals surface area contributed by atoms with Crippen molar-refractivity contribution in [3.63, 3.8) is 0 Å². The Morgan fingerprint density at radius 2 is 2.00 bits per heavy atom. The molecule has 1 N–H and O–H groups in total. The van der Waals surface area contributed by atoms with Gasteiger partial charge in [-0.3, -0.25) is 0 Å². The molecule has 3 heteroatoms. The van der Waals surface area contributed by atoms with E-state index in [1.54, 1.807) is 12.1 Å². The molecule has 1 aromatic rings. The van der Waals surface area contributed by atoms with Crippen LogP contribution < -0.4 is 0 Å². The van der Waals surface area contributed by atoms with Crippen LogP contribution in [0.5, 0.6) is 0 Å². The lowest BCUT2D eigenvalue weighted by atomic mass is 9.99. The topological polar surface area (TPSA) is 20.2 Å². The minimum Gasteiger partial charge on any atom is -0.388 e. The van der Waals surface area contributed by atoms with Crippen molar-refractivity contribution in [2.45, 2.75) is 20.0 Å². The molecule has 0 aliphatic heterocycles. The molecule has 13 heavy (non-hydrogen) atoms. The summed E-state index contributed by atoms with van der Waals surface area (Å²) in [5.41, 5.74) is 0.351. The van der Waals surface area contributed by atoms with Crippen LogP contribution in [0.15, 0.2) is 22.7 Å². The molecule has 0 aliphatic carbocycles. The average Bonchev–Trinajstić information content (AvgIpc) is 2.08. The third-order valence-corrected chi connectivity index (χ3v) is 2.40. The van der Waals surface area contributed by atoms with Crippen LogP contribution in [0.2, 0.25) is 0 Å². The van der Waals surface area contributed by atoms with Gasteiger partial charge in [0.25, 0.3) is 0 Å². The number of hydrogen-bond acceptors (Lipinski definition) is 1. The lowest BCUT2D eigenvalue weighted by Crippen LogP contribution is -2.07.